The third-order valence-electron chi connectivity index (χ3n) is 4.33. The zero-order chi connectivity index (χ0) is 13.3. The van der Waals surface area contributed by atoms with Gasteiger partial charge in [0.25, 0.3) is 0 Å². The Balaban J connectivity index is 1.94. The van der Waals surface area contributed by atoms with Gasteiger partial charge in [0.2, 0.25) is 0 Å². The Morgan fingerprint density at radius 2 is 1.50 bits per heavy atom. The highest BCUT2D eigenvalue weighted by atomic mass is 19.4. The lowest BCUT2D eigenvalue weighted by Crippen LogP contribution is -2.67. The van der Waals surface area contributed by atoms with E-state index in [1.54, 1.807) is 0 Å². The molecule has 2 bridgehead atoms. The van der Waals surface area contributed by atoms with E-state index < -0.39 is 35.2 Å². The van der Waals surface area contributed by atoms with E-state index in [4.69, 9.17) is 0 Å². The Labute approximate surface area is 99.0 Å². The third kappa shape index (κ3) is 1.25. The van der Waals surface area contributed by atoms with Crippen molar-refractivity contribution in [3.8, 4) is 0 Å². The molecule has 4 rings (SSSR count). The van der Waals surface area contributed by atoms with Gasteiger partial charge in [0.05, 0.1) is 0 Å². The van der Waals surface area contributed by atoms with Crippen LogP contribution in [-0.2, 0) is 5.41 Å². The molecule has 0 unspecified atom stereocenters. The van der Waals surface area contributed by atoms with Crippen molar-refractivity contribution in [1.82, 2.24) is 0 Å². The van der Waals surface area contributed by atoms with Crippen molar-refractivity contribution in [2.45, 2.75) is 30.0 Å². The van der Waals surface area contributed by atoms with E-state index in [1.807, 2.05) is 0 Å². The predicted octanol–water partition coefficient (Wildman–Crippen LogP) is 4.13. The molecule has 0 radical (unpaired) electrons. The molecule has 0 amide bonds. The molecular weight excluding hydrogens is 257 g/mol. The molecule has 1 aromatic carbocycles. The Hall–Kier alpha value is -1.14. The molecule has 0 saturated heterocycles. The minimum absolute atomic E-state index is 0.247. The first-order valence-corrected chi connectivity index (χ1v) is 5.54. The molecule has 3 saturated carbocycles. The second kappa shape index (κ2) is 3.06. The van der Waals surface area contributed by atoms with Crippen molar-refractivity contribution in [3.63, 3.8) is 0 Å². The summed E-state index contributed by atoms with van der Waals surface area (Å²) >= 11 is 0. The van der Waals surface area contributed by atoms with Gasteiger partial charge in [0.15, 0.2) is 11.6 Å². The summed E-state index contributed by atoms with van der Waals surface area (Å²) in [6, 6.07) is 1.21. The Bertz CT molecular complexity index is 515. The van der Waals surface area contributed by atoms with Crippen LogP contribution >= 0.6 is 0 Å². The zero-order valence-electron chi connectivity index (χ0n) is 9.12. The second-order valence-corrected chi connectivity index (χ2v) is 5.50. The van der Waals surface area contributed by atoms with E-state index in [0.29, 0.717) is 6.07 Å². The van der Waals surface area contributed by atoms with Crippen molar-refractivity contribution in [2.24, 2.45) is 0 Å². The molecule has 0 aromatic heterocycles. The number of halogens is 6. The SMILES string of the molecule is Fc1cc(F)c(F)c(C23CC([B-](F)(F)F)(C2)C3)c1. The Kier molecular flexibility index (Phi) is 2.03. The molecular formula is C11H8BF6-. The summed E-state index contributed by atoms with van der Waals surface area (Å²) in [5.41, 5.74) is -1.26. The van der Waals surface area contributed by atoms with Gasteiger partial charge in [-0.15, -0.1) is 0 Å². The highest BCUT2D eigenvalue weighted by Gasteiger charge is 2.74. The van der Waals surface area contributed by atoms with Gasteiger partial charge >= 0.3 is 6.98 Å². The summed E-state index contributed by atoms with van der Waals surface area (Å²) in [7, 11) is 0. The predicted molar refractivity (Wildman–Crippen MR) is 53.6 cm³/mol. The van der Waals surface area contributed by atoms with Crippen LogP contribution < -0.4 is 0 Å². The van der Waals surface area contributed by atoms with Crippen molar-refractivity contribution in [3.05, 3.63) is 35.1 Å². The van der Waals surface area contributed by atoms with Gasteiger partial charge in [0.1, 0.15) is 5.82 Å². The lowest BCUT2D eigenvalue weighted by atomic mass is 9.23. The summed E-state index contributed by atoms with van der Waals surface area (Å²) in [4.78, 5) is 0. The average Bonchev–Trinajstić information content (AvgIpc) is 2.05. The quantitative estimate of drug-likeness (QED) is 0.428. The maximum atomic E-state index is 13.5. The van der Waals surface area contributed by atoms with Gasteiger partial charge in [-0.1, -0.05) is 24.6 Å². The largest absolute Gasteiger partial charge is 0.484 e. The lowest BCUT2D eigenvalue weighted by Gasteiger charge is -2.75. The molecule has 0 atom stereocenters. The third-order valence-corrected chi connectivity index (χ3v) is 4.33. The van der Waals surface area contributed by atoms with E-state index in [-0.39, 0.29) is 24.8 Å². The van der Waals surface area contributed by atoms with Crippen LogP contribution in [0.25, 0.3) is 0 Å². The highest BCUT2D eigenvalue weighted by Crippen LogP contribution is 2.82. The van der Waals surface area contributed by atoms with Crippen molar-refractivity contribution in [2.75, 3.05) is 0 Å². The average molecular weight is 265 g/mol. The van der Waals surface area contributed by atoms with E-state index in [9.17, 15) is 26.1 Å². The molecule has 0 heterocycles. The van der Waals surface area contributed by atoms with Gasteiger partial charge in [-0.2, -0.15) is 0 Å². The first kappa shape index (κ1) is 11.9. The van der Waals surface area contributed by atoms with E-state index in [0.717, 1.165) is 6.07 Å². The fourth-order valence-corrected chi connectivity index (χ4v) is 3.44. The number of rotatable bonds is 2. The Morgan fingerprint density at radius 1 is 0.944 bits per heavy atom. The van der Waals surface area contributed by atoms with Crippen LogP contribution in [0.5, 0.6) is 0 Å². The van der Waals surface area contributed by atoms with Crippen molar-refractivity contribution in [1.29, 1.82) is 0 Å². The molecule has 7 heteroatoms. The number of hydrogen-bond acceptors (Lipinski definition) is 0. The summed E-state index contributed by atoms with van der Waals surface area (Å²) in [6.45, 7) is -4.97. The fraction of sp³-hybridized carbons (Fsp3) is 0.455. The van der Waals surface area contributed by atoms with Crippen LogP contribution in [0, 0.1) is 17.5 Å². The molecule has 18 heavy (non-hydrogen) atoms. The molecule has 0 nitrogen and oxygen atoms in total. The first-order valence-electron chi connectivity index (χ1n) is 5.54. The standard InChI is InChI=1S/C11H8BF6/c13-6-1-7(9(15)8(14)2-6)10-3-11(4-10,5-10)12(16,17)18/h1-2H,3-5H2/q-1. The minimum atomic E-state index is -4.97. The van der Waals surface area contributed by atoms with Gasteiger partial charge < -0.3 is 12.9 Å². The maximum Gasteiger partial charge on any atom is 0.484 e. The van der Waals surface area contributed by atoms with Crippen LogP contribution in [0.4, 0.5) is 26.1 Å². The van der Waals surface area contributed by atoms with Gasteiger partial charge in [-0.05, 0) is 17.0 Å². The molecule has 0 spiro atoms. The van der Waals surface area contributed by atoms with E-state index in [2.05, 4.69) is 0 Å². The fourth-order valence-electron chi connectivity index (χ4n) is 3.44. The smallest absolute Gasteiger partial charge is 0.449 e. The van der Waals surface area contributed by atoms with E-state index in [1.165, 1.54) is 0 Å². The summed E-state index contributed by atoms with van der Waals surface area (Å²) in [5, 5.41) is -1.70. The molecule has 0 N–H and O–H groups in total. The zero-order valence-corrected chi connectivity index (χ0v) is 9.12. The molecule has 3 fully saturated rings. The topological polar surface area (TPSA) is 0 Å². The summed E-state index contributed by atoms with van der Waals surface area (Å²) < 4.78 is 77.7. The second-order valence-electron chi connectivity index (χ2n) is 5.50. The normalized spacial score (nSPS) is 33.9. The van der Waals surface area contributed by atoms with Crippen LogP contribution in [0.3, 0.4) is 0 Å². The van der Waals surface area contributed by atoms with Gasteiger partial charge in [-0.3, -0.25) is 0 Å². The van der Waals surface area contributed by atoms with Crippen molar-refractivity contribution >= 4 is 6.98 Å². The van der Waals surface area contributed by atoms with Crippen LogP contribution in [0.15, 0.2) is 12.1 Å². The van der Waals surface area contributed by atoms with Crippen LogP contribution in [0.2, 0.25) is 5.31 Å². The van der Waals surface area contributed by atoms with Gasteiger partial charge in [-0.25, -0.2) is 13.2 Å². The first-order chi connectivity index (χ1) is 8.19. The number of benzene rings is 1. The summed E-state index contributed by atoms with van der Waals surface area (Å²) in [6.07, 6.45) is -0.740. The molecule has 3 aliphatic rings. The monoisotopic (exact) mass is 265 g/mol. The van der Waals surface area contributed by atoms with Crippen molar-refractivity contribution < 1.29 is 26.1 Å². The van der Waals surface area contributed by atoms with Crippen LogP contribution in [-0.4, -0.2) is 6.98 Å². The van der Waals surface area contributed by atoms with Crippen LogP contribution in [0.1, 0.15) is 24.8 Å². The minimum Gasteiger partial charge on any atom is -0.449 e. The molecule has 1 aromatic rings. The summed E-state index contributed by atoms with van der Waals surface area (Å²) in [5.74, 6) is -3.53. The molecule has 0 aliphatic heterocycles. The lowest BCUT2D eigenvalue weighted by molar-refractivity contribution is -0.0430. The maximum absolute atomic E-state index is 13.5. The highest BCUT2D eigenvalue weighted by molar-refractivity contribution is 6.63. The molecule has 3 aliphatic carbocycles. The molecule has 98 valence electrons. The Morgan fingerprint density at radius 3 is 2.00 bits per heavy atom. The van der Waals surface area contributed by atoms with E-state index >= 15 is 0 Å². The van der Waals surface area contributed by atoms with Gasteiger partial charge in [0, 0.05) is 6.07 Å². The number of hydrogen-bond donors (Lipinski definition) is 0.